The third-order valence-electron chi connectivity index (χ3n) is 5.36. The number of aliphatic hydroxyl groups is 1. The number of anilines is 1. The molecule has 0 bridgehead atoms. The van der Waals surface area contributed by atoms with E-state index < -0.39 is 22.8 Å². The molecule has 0 saturated heterocycles. The Bertz CT molecular complexity index is 1260. The SMILES string of the molecule is Cc1nc(N2Cc3cc4c(cc3C(O)C2)OCO4)nc(=O)n1Cc1ccc(C(F)(F)F)s1. The molecular weight excluding hydrogens is 449 g/mol. The lowest BCUT2D eigenvalue weighted by molar-refractivity contribution is -0.134. The van der Waals surface area contributed by atoms with E-state index in [1.54, 1.807) is 24.0 Å². The highest BCUT2D eigenvalue weighted by atomic mass is 32.1. The van der Waals surface area contributed by atoms with Crippen molar-refractivity contribution < 1.29 is 27.8 Å². The van der Waals surface area contributed by atoms with Gasteiger partial charge in [-0.05, 0) is 42.3 Å². The van der Waals surface area contributed by atoms with Crippen molar-refractivity contribution in [3.8, 4) is 11.5 Å². The van der Waals surface area contributed by atoms with Gasteiger partial charge in [0.25, 0.3) is 0 Å². The first-order valence-electron chi connectivity index (χ1n) is 9.66. The summed E-state index contributed by atoms with van der Waals surface area (Å²) in [6.45, 7) is 2.19. The number of hydrogen-bond acceptors (Lipinski definition) is 8. The molecule has 12 heteroatoms. The molecule has 8 nitrogen and oxygen atoms in total. The van der Waals surface area contributed by atoms with Crippen molar-refractivity contribution in [2.75, 3.05) is 18.2 Å². The Hall–Kier alpha value is -3.12. The van der Waals surface area contributed by atoms with E-state index in [-0.39, 0.29) is 25.8 Å². The average molecular weight is 466 g/mol. The average Bonchev–Trinajstić information content (AvgIpc) is 3.38. The maximum absolute atomic E-state index is 12.8. The van der Waals surface area contributed by atoms with Crippen LogP contribution in [0.1, 0.15) is 32.8 Å². The highest BCUT2D eigenvalue weighted by Crippen LogP contribution is 2.40. The molecule has 0 spiro atoms. The number of alkyl halides is 3. The number of benzene rings is 1. The lowest BCUT2D eigenvalue weighted by atomic mass is 9.97. The van der Waals surface area contributed by atoms with Crippen molar-refractivity contribution in [1.29, 1.82) is 0 Å². The Morgan fingerprint density at radius 3 is 2.66 bits per heavy atom. The fourth-order valence-corrected chi connectivity index (χ4v) is 4.65. The number of halogens is 3. The van der Waals surface area contributed by atoms with Gasteiger partial charge in [0.15, 0.2) is 11.5 Å². The Morgan fingerprint density at radius 1 is 1.22 bits per heavy atom. The summed E-state index contributed by atoms with van der Waals surface area (Å²) >= 11 is 0.581. The van der Waals surface area contributed by atoms with Crippen LogP contribution in [0.15, 0.2) is 29.1 Å². The van der Waals surface area contributed by atoms with Crippen LogP contribution in [0.3, 0.4) is 0 Å². The van der Waals surface area contributed by atoms with E-state index >= 15 is 0 Å². The van der Waals surface area contributed by atoms with Gasteiger partial charge in [0.1, 0.15) is 10.7 Å². The van der Waals surface area contributed by atoms with E-state index in [0.717, 1.165) is 11.6 Å². The van der Waals surface area contributed by atoms with Crippen LogP contribution in [0, 0.1) is 6.92 Å². The number of aliphatic hydroxyl groups excluding tert-OH is 1. The summed E-state index contributed by atoms with van der Waals surface area (Å²) in [7, 11) is 0. The summed E-state index contributed by atoms with van der Waals surface area (Å²) in [5.74, 6) is 1.62. The minimum atomic E-state index is -4.42. The van der Waals surface area contributed by atoms with Gasteiger partial charge in [0.2, 0.25) is 12.7 Å². The quantitative estimate of drug-likeness (QED) is 0.635. The van der Waals surface area contributed by atoms with Gasteiger partial charge in [-0.25, -0.2) is 4.79 Å². The first-order valence-corrected chi connectivity index (χ1v) is 10.5. The van der Waals surface area contributed by atoms with E-state index in [4.69, 9.17) is 9.47 Å². The topological polar surface area (TPSA) is 89.7 Å². The lowest BCUT2D eigenvalue weighted by Crippen LogP contribution is -2.37. The van der Waals surface area contributed by atoms with Crippen LogP contribution >= 0.6 is 11.3 Å². The van der Waals surface area contributed by atoms with Crippen molar-refractivity contribution in [3.05, 3.63) is 61.5 Å². The third-order valence-corrected chi connectivity index (χ3v) is 6.48. The zero-order chi connectivity index (χ0) is 22.6. The zero-order valence-corrected chi connectivity index (χ0v) is 17.5. The van der Waals surface area contributed by atoms with Crippen LogP contribution < -0.4 is 20.1 Å². The largest absolute Gasteiger partial charge is 0.454 e. The highest BCUT2D eigenvalue weighted by molar-refractivity contribution is 7.12. The van der Waals surface area contributed by atoms with Gasteiger partial charge in [-0.2, -0.15) is 23.1 Å². The van der Waals surface area contributed by atoms with Crippen molar-refractivity contribution >= 4 is 17.3 Å². The molecule has 1 N–H and O–H groups in total. The van der Waals surface area contributed by atoms with Gasteiger partial charge in [0.05, 0.1) is 19.2 Å². The number of fused-ring (bicyclic) bond motifs is 2. The molecule has 3 aromatic rings. The zero-order valence-electron chi connectivity index (χ0n) is 16.7. The van der Waals surface area contributed by atoms with Crippen LogP contribution in [-0.2, 0) is 19.3 Å². The van der Waals surface area contributed by atoms with E-state index in [9.17, 15) is 23.1 Å². The van der Waals surface area contributed by atoms with Gasteiger partial charge >= 0.3 is 11.9 Å². The smallest absolute Gasteiger partial charge is 0.425 e. The Morgan fingerprint density at radius 2 is 1.97 bits per heavy atom. The van der Waals surface area contributed by atoms with Crippen molar-refractivity contribution in [2.45, 2.75) is 32.3 Å². The summed E-state index contributed by atoms with van der Waals surface area (Å²) in [5, 5.41) is 10.6. The molecule has 1 unspecified atom stereocenters. The molecule has 5 rings (SSSR count). The van der Waals surface area contributed by atoms with Crippen molar-refractivity contribution in [2.24, 2.45) is 0 Å². The Balaban J connectivity index is 1.41. The number of nitrogens with zero attached hydrogens (tertiary/aromatic N) is 4. The summed E-state index contributed by atoms with van der Waals surface area (Å²) in [6.07, 6.45) is -5.27. The highest BCUT2D eigenvalue weighted by Gasteiger charge is 2.33. The summed E-state index contributed by atoms with van der Waals surface area (Å²) < 4.78 is 50.5. The molecule has 4 heterocycles. The van der Waals surface area contributed by atoms with Crippen LogP contribution in [0.2, 0.25) is 0 Å². The molecule has 168 valence electrons. The first kappa shape index (κ1) is 20.8. The van der Waals surface area contributed by atoms with Gasteiger partial charge in [-0.1, -0.05) is 0 Å². The van der Waals surface area contributed by atoms with E-state index in [0.29, 0.717) is 45.6 Å². The summed E-state index contributed by atoms with van der Waals surface area (Å²) in [4.78, 5) is 22.4. The second kappa shape index (κ2) is 7.48. The predicted molar refractivity (Wildman–Crippen MR) is 108 cm³/mol. The minimum Gasteiger partial charge on any atom is -0.454 e. The van der Waals surface area contributed by atoms with Crippen LogP contribution in [0.25, 0.3) is 0 Å². The Labute approximate surface area is 183 Å². The first-order chi connectivity index (χ1) is 15.2. The van der Waals surface area contributed by atoms with E-state index in [2.05, 4.69) is 9.97 Å². The number of rotatable bonds is 3. The van der Waals surface area contributed by atoms with Crippen LogP contribution in [-0.4, -0.2) is 33.0 Å². The van der Waals surface area contributed by atoms with E-state index in [1.807, 2.05) is 0 Å². The molecule has 1 aromatic carbocycles. The number of β-amino-alcohol motifs (C(OH)–C–C–N with tert-alkyl or cyclic N) is 1. The second-order valence-corrected chi connectivity index (χ2v) is 8.67. The number of hydrogen-bond donors (Lipinski definition) is 1. The van der Waals surface area contributed by atoms with Crippen molar-refractivity contribution in [1.82, 2.24) is 14.5 Å². The van der Waals surface area contributed by atoms with Crippen molar-refractivity contribution in [3.63, 3.8) is 0 Å². The predicted octanol–water partition coefficient (Wildman–Crippen LogP) is 2.86. The molecule has 32 heavy (non-hydrogen) atoms. The fourth-order valence-electron chi connectivity index (χ4n) is 3.79. The minimum absolute atomic E-state index is 0.0549. The standard InChI is InChI=1S/C20H17F3N4O4S/c1-10-24-18(25-19(29)27(10)7-12-2-3-17(32-12)20(21,22)23)26-6-11-4-15-16(31-9-30-15)5-13(11)14(28)8-26/h2-5,14,28H,6-9H2,1H3. The molecule has 2 aromatic heterocycles. The number of ether oxygens (including phenoxy) is 2. The van der Waals surface area contributed by atoms with Crippen LogP contribution in [0.4, 0.5) is 19.1 Å². The molecule has 0 radical (unpaired) electrons. The van der Waals surface area contributed by atoms with Gasteiger partial charge in [-0.3, -0.25) is 4.57 Å². The molecule has 2 aliphatic rings. The number of aromatic nitrogens is 3. The molecule has 0 aliphatic carbocycles. The second-order valence-electron chi connectivity index (χ2n) is 7.50. The van der Waals surface area contributed by atoms with Gasteiger partial charge < -0.3 is 19.5 Å². The third kappa shape index (κ3) is 3.69. The molecule has 0 saturated carbocycles. The van der Waals surface area contributed by atoms with Crippen LogP contribution in [0.5, 0.6) is 11.5 Å². The molecule has 1 atom stereocenters. The Kier molecular flexibility index (Phi) is 4.86. The number of thiophene rings is 1. The summed E-state index contributed by atoms with van der Waals surface area (Å²) in [5.41, 5.74) is 0.894. The van der Waals surface area contributed by atoms with Gasteiger partial charge in [0, 0.05) is 11.4 Å². The molecular formula is C20H17F3N4O4S. The van der Waals surface area contributed by atoms with E-state index in [1.165, 1.54) is 10.6 Å². The normalized spacial score (nSPS) is 17.5. The fraction of sp³-hybridized carbons (Fsp3) is 0.350. The molecule has 0 amide bonds. The number of aryl methyl sites for hydroxylation is 1. The monoisotopic (exact) mass is 466 g/mol. The molecule has 2 aliphatic heterocycles. The maximum atomic E-state index is 12.8. The maximum Gasteiger partial charge on any atom is 0.425 e. The summed E-state index contributed by atoms with van der Waals surface area (Å²) in [6, 6.07) is 5.87. The lowest BCUT2D eigenvalue weighted by Gasteiger charge is -2.32. The van der Waals surface area contributed by atoms with Gasteiger partial charge in [-0.15, -0.1) is 11.3 Å². The molecule has 0 fully saturated rings.